The van der Waals surface area contributed by atoms with Crippen LogP contribution in [-0.2, 0) is 6.61 Å². The first-order valence-electron chi connectivity index (χ1n) is 6.02. The third kappa shape index (κ3) is 3.58. The molecule has 5 heteroatoms. The molecule has 2 rings (SSSR count). The molecule has 0 radical (unpaired) electrons. The highest BCUT2D eigenvalue weighted by molar-refractivity contribution is 6.42. The summed E-state index contributed by atoms with van der Waals surface area (Å²) in [6.45, 7) is 1.92. The topological polar surface area (TPSA) is 29.5 Å². The Kier molecular flexibility index (Phi) is 5.17. The van der Waals surface area contributed by atoms with Crippen molar-refractivity contribution in [2.75, 3.05) is 0 Å². The molecular formula is C15H13Cl3O2. The fraction of sp³-hybridized carbons (Fsp3) is 0.200. The first kappa shape index (κ1) is 15.5. The van der Waals surface area contributed by atoms with Gasteiger partial charge in [0.1, 0.15) is 12.4 Å². The predicted octanol–water partition coefficient (Wildman–Crippen LogP) is 5.28. The van der Waals surface area contributed by atoms with Gasteiger partial charge in [-0.2, -0.15) is 0 Å². The number of halogens is 3. The molecule has 0 aliphatic rings. The highest BCUT2D eigenvalue weighted by Gasteiger charge is 2.11. The van der Waals surface area contributed by atoms with Gasteiger partial charge in [-0.1, -0.05) is 46.9 Å². The largest absolute Gasteiger partial charge is 0.488 e. The number of ether oxygens (including phenoxy) is 1. The summed E-state index contributed by atoms with van der Waals surface area (Å²) in [7, 11) is 0. The van der Waals surface area contributed by atoms with Crippen LogP contribution in [0.4, 0.5) is 0 Å². The van der Waals surface area contributed by atoms with Crippen LogP contribution in [0, 0.1) is 0 Å². The van der Waals surface area contributed by atoms with Gasteiger partial charge in [-0.25, -0.2) is 0 Å². The minimum Gasteiger partial charge on any atom is -0.488 e. The Bertz CT molecular complexity index is 612. The lowest BCUT2D eigenvalue weighted by Crippen LogP contribution is -2.01. The maximum absolute atomic E-state index is 9.74. The van der Waals surface area contributed by atoms with Gasteiger partial charge in [-0.3, -0.25) is 0 Å². The number of hydrogen-bond donors (Lipinski definition) is 1. The van der Waals surface area contributed by atoms with Crippen LogP contribution in [0.25, 0.3) is 0 Å². The Hall–Kier alpha value is -0.930. The minimum atomic E-state index is -0.668. The summed E-state index contributed by atoms with van der Waals surface area (Å²) in [5.74, 6) is 0.570. The minimum absolute atomic E-state index is 0.265. The van der Waals surface area contributed by atoms with E-state index in [0.717, 1.165) is 5.56 Å². The smallest absolute Gasteiger partial charge is 0.125 e. The Morgan fingerprint density at radius 3 is 2.60 bits per heavy atom. The first-order chi connectivity index (χ1) is 9.49. The first-order valence-corrected chi connectivity index (χ1v) is 7.15. The Morgan fingerprint density at radius 2 is 1.90 bits per heavy atom. The lowest BCUT2D eigenvalue weighted by atomic mass is 10.1. The van der Waals surface area contributed by atoms with E-state index in [1.807, 2.05) is 12.1 Å². The number of aliphatic hydroxyl groups excluding tert-OH is 1. The van der Waals surface area contributed by atoms with E-state index in [1.54, 1.807) is 31.2 Å². The summed E-state index contributed by atoms with van der Waals surface area (Å²) in [6.07, 6.45) is -0.668. The van der Waals surface area contributed by atoms with Crippen molar-refractivity contribution >= 4 is 34.8 Å². The van der Waals surface area contributed by atoms with E-state index in [2.05, 4.69) is 0 Å². The van der Waals surface area contributed by atoms with Crippen molar-refractivity contribution in [2.24, 2.45) is 0 Å². The lowest BCUT2D eigenvalue weighted by molar-refractivity contribution is 0.190. The zero-order valence-electron chi connectivity index (χ0n) is 10.7. The molecule has 1 atom stereocenters. The second-order valence-corrected chi connectivity index (χ2v) is 5.58. The summed E-state index contributed by atoms with van der Waals surface area (Å²) in [5.41, 5.74) is 1.42. The third-order valence-electron chi connectivity index (χ3n) is 2.84. The molecule has 0 unspecified atom stereocenters. The van der Waals surface area contributed by atoms with Crippen LogP contribution in [-0.4, -0.2) is 5.11 Å². The van der Waals surface area contributed by atoms with E-state index < -0.39 is 6.10 Å². The van der Waals surface area contributed by atoms with E-state index in [9.17, 15) is 5.11 Å². The van der Waals surface area contributed by atoms with Crippen molar-refractivity contribution in [3.63, 3.8) is 0 Å². The average molecular weight is 332 g/mol. The SMILES string of the molecule is C[C@@H](O)c1cc(Cl)ccc1OCc1cccc(Cl)c1Cl. The maximum atomic E-state index is 9.74. The second kappa shape index (κ2) is 6.68. The highest BCUT2D eigenvalue weighted by atomic mass is 35.5. The zero-order valence-corrected chi connectivity index (χ0v) is 13.0. The van der Waals surface area contributed by atoms with Gasteiger partial charge >= 0.3 is 0 Å². The molecule has 1 N–H and O–H groups in total. The van der Waals surface area contributed by atoms with Gasteiger partial charge in [0, 0.05) is 16.1 Å². The van der Waals surface area contributed by atoms with Crippen molar-refractivity contribution < 1.29 is 9.84 Å². The molecule has 20 heavy (non-hydrogen) atoms. The number of rotatable bonds is 4. The van der Waals surface area contributed by atoms with Crippen molar-refractivity contribution in [3.8, 4) is 5.75 Å². The molecular weight excluding hydrogens is 319 g/mol. The standard InChI is InChI=1S/C15H13Cl3O2/c1-9(19)12-7-11(16)5-6-14(12)20-8-10-3-2-4-13(17)15(10)18/h2-7,9,19H,8H2,1H3/t9-/m1/s1. The monoisotopic (exact) mass is 330 g/mol. The number of hydrogen-bond acceptors (Lipinski definition) is 2. The molecule has 2 aromatic carbocycles. The second-order valence-electron chi connectivity index (χ2n) is 4.36. The van der Waals surface area contributed by atoms with Crippen molar-refractivity contribution in [2.45, 2.75) is 19.6 Å². The summed E-state index contributed by atoms with van der Waals surface area (Å²) in [4.78, 5) is 0. The fourth-order valence-electron chi connectivity index (χ4n) is 1.79. The van der Waals surface area contributed by atoms with Crippen LogP contribution in [0.15, 0.2) is 36.4 Å². The lowest BCUT2D eigenvalue weighted by Gasteiger charge is -2.14. The number of benzene rings is 2. The van der Waals surface area contributed by atoms with Gasteiger partial charge in [-0.15, -0.1) is 0 Å². The van der Waals surface area contributed by atoms with Gasteiger partial charge in [0.15, 0.2) is 0 Å². The van der Waals surface area contributed by atoms with E-state index in [4.69, 9.17) is 39.5 Å². The van der Waals surface area contributed by atoms with Crippen LogP contribution < -0.4 is 4.74 Å². The fourth-order valence-corrected chi connectivity index (χ4v) is 2.35. The van der Waals surface area contributed by atoms with Gasteiger partial charge in [0.2, 0.25) is 0 Å². The molecule has 2 aromatic rings. The Balaban J connectivity index is 2.21. The van der Waals surface area contributed by atoms with Crippen molar-refractivity contribution in [3.05, 3.63) is 62.6 Å². The quantitative estimate of drug-likeness (QED) is 0.826. The van der Waals surface area contributed by atoms with Gasteiger partial charge in [-0.05, 0) is 31.2 Å². The molecule has 0 saturated carbocycles. The predicted molar refractivity (Wildman–Crippen MR) is 82.9 cm³/mol. The van der Waals surface area contributed by atoms with Gasteiger partial charge < -0.3 is 9.84 Å². The van der Waals surface area contributed by atoms with Crippen LogP contribution in [0.2, 0.25) is 15.1 Å². The van der Waals surface area contributed by atoms with Gasteiger partial charge in [0.25, 0.3) is 0 Å². The molecule has 2 nitrogen and oxygen atoms in total. The summed E-state index contributed by atoms with van der Waals surface area (Å²) >= 11 is 18.0. The molecule has 0 amide bonds. The van der Waals surface area contributed by atoms with Crippen molar-refractivity contribution in [1.82, 2.24) is 0 Å². The third-order valence-corrected chi connectivity index (χ3v) is 3.93. The summed E-state index contributed by atoms with van der Waals surface area (Å²) in [6, 6.07) is 10.5. The van der Waals surface area contributed by atoms with Crippen LogP contribution in [0.1, 0.15) is 24.2 Å². The molecule has 0 fully saturated rings. The van der Waals surface area contributed by atoms with Crippen molar-refractivity contribution in [1.29, 1.82) is 0 Å². The summed E-state index contributed by atoms with van der Waals surface area (Å²) in [5, 5.41) is 11.2. The molecule has 0 saturated heterocycles. The molecule has 0 aliphatic carbocycles. The Labute approximate surface area is 132 Å². The number of aliphatic hydroxyl groups is 1. The van der Waals surface area contributed by atoms with Gasteiger partial charge in [0.05, 0.1) is 16.1 Å². The Morgan fingerprint density at radius 1 is 1.15 bits per heavy atom. The maximum Gasteiger partial charge on any atom is 0.125 e. The van der Waals surface area contributed by atoms with Crippen LogP contribution in [0.3, 0.4) is 0 Å². The molecule has 0 spiro atoms. The molecule has 0 aromatic heterocycles. The van der Waals surface area contributed by atoms with Crippen LogP contribution in [0.5, 0.6) is 5.75 Å². The van der Waals surface area contributed by atoms with Crippen LogP contribution >= 0.6 is 34.8 Å². The summed E-state index contributed by atoms with van der Waals surface area (Å²) < 4.78 is 5.71. The average Bonchev–Trinajstić information content (AvgIpc) is 2.41. The molecule has 0 aliphatic heterocycles. The highest BCUT2D eigenvalue weighted by Crippen LogP contribution is 2.31. The van der Waals surface area contributed by atoms with E-state index in [0.29, 0.717) is 26.4 Å². The van der Waals surface area contributed by atoms with E-state index in [1.165, 1.54) is 0 Å². The van der Waals surface area contributed by atoms with E-state index >= 15 is 0 Å². The normalized spacial score (nSPS) is 12.2. The molecule has 0 bridgehead atoms. The zero-order chi connectivity index (χ0) is 14.7. The molecule has 0 heterocycles. The molecule has 106 valence electrons. The van der Waals surface area contributed by atoms with E-state index in [-0.39, 0.29) is 6.61 Å².